The predicted molar refractivity (Wildman–Crippen MR) is 103 cm³/mol. The van der Waals surface area contributed by atoms with E-state index in [4.69, 9.17) is 10.5 Å². The Labute approximate surface area is 154 Å². The Morgan fingerprint density at radius 1 is 1.04 bits per heavy atom. The molecular formula is C20H16FN5O. The van der Waals surface area contributed by atoms with Crippen molar-refractivity contribution in [3.63, 3.8) is 0 Å². The van der Waals surface area contributed by atoms with Crippen LogP contribution in [-0.2, 0) is 0 Å². The molecule has 0 aliphatic heterocycles. The number of ether oxygens (including phenoxy) is 1. The molecule has 0 saturated carbocycles. The monoisotopic (exact) mass is 361 g/mol. The maximum Gasteiger partial charge on any atom is 0.222 e. The molecule has 4 rings (SSSR count). The minimum absolute atomic E-state index is 0.128. The molecule has 3 N–H and O–H groups in total. The Bertz CT molecular complexity index is 1110. The Balaban J connectivity index is 1.60. The van der Waals surface area contributed by atoms with E-state index in [1.165, 1.54) is 6.07 Å². The van der Waals surface area contributed by atoms with E-state index in [-0.39, 0.29) is 11.7 Å². The van der Waals surface area contributed by atoms with Gasteiger partial charge in [-0.2, -0.15) is 4.98 Å². The van der Waals surface area contributed by atoms with Crippen LogP contribution in [0.15, 0.2) is 60.9 Å². The lowest BCUT2D eigenvalue weighted by molar-refractivity contribution is 0.447. The standard InChI is InChI=1S/C20H16FN5O/c1-12-9-19(26-20(22)24-12)25-14-5-6-18(16(21)10-14)27-17-4-2-3-13-11-23-8-7-15(13)17/h2-11H,1H3,(H3,22,24,25,26). The summed E-state index contributed by atoms with van der Waals surface area (Å²) in [6.07, 6.45) is 3.41. The molecule has 0 aliphatic carbocycles. The molecule has 0 fully saturated rings. The lowest BCUT2D eigenvalue weighted by Crippen LogP contribution is -2.01. The van der Waals surface area contributed by atoms with Gasteiger partial charge in [0, 0.05) is 46.7 Å². The van der Waals surface area contributed by atoms with Crippen LogP contribution in [0.1, 0.15) is 5.69 Å². The Kier molecular flexibility index (Phi) is 4.25. The molecule has 2 aromatic heterocycles. The molecule has 0 saturated heterocycles. The average Bonchev–Trinajstić information content (AvgIpc) is 2.63. The maximum absolute atomic E-state index is 14.6. The van der Waals surface area contributed by atoms with Gasteiger partial charge in [0.05, 0.1) is 0 Å². The van der Waals surface area contributed by atoms with E-state index in [9.17, 15) is 4.39 Å². The Hall–Kier alpha value is -3.74. The molecule has 0 amide bonds. The van der Waals surface area contributed by atoms with Crippen molar-refractivity contribution >= 4 is 28.2 Å². The van der Waals surface area contributed by atoms with Crippen molar-refractivity contribution in [1.82, 2.24) is 15.0 Å². The van der Waals surface area contributed by atoms with Crippen LogP contribution in [0.4, 0.5) is 21.8 Å². The highest BCUT2D eigenvalue weighted by molar-refractivity contribution is 5.87. The molecule has 27 heavy (non-hydrogen) atoms. The molecule has 0 spiro atoms. The van der Waals surface area contributed by atoms with Crippen molar-refractivity contribution < 1.29 is 9.13 Å². The molecule has 2 heterocycles. The molecule has 0 atom stereocenters. The first-order valence-corrected chi connectivity index (χ1v) is 8.27. The number of halogens is 1. The van der Waals surface area contributed by atoms with Crippen LogP contribution in [0, 0.1) is 12.7 Å². The van der Waals surface area contributed by atoms with Gasteiger partial charge in [0.1, 0.15) is 11.6 Å². The number of hydrogen-bond acceptors (Lipinski definition) is 6. The number of fused-ring (bicyclic) bond motifs is 1. The van der Waals surface area contributed by atoms with Gasteiger partial charge >= 0.3 is 0 Å². The first-order chi connectivity index (χ1) is 13.1. The zero-order chi connectivity index (χ0) is 18.8. The van der Waals surface area contributed by atoms with Crippen molar-refractivity contribution in [3.05, 3.63) is 72.4 Å². The summed E-state index contributed by atoms with van der Waals surface area (Å²) in [5, 5.41) is 4.80. The van der Waals surface area contributed by atoms with Crippen LogP contribution < -0.4 is 15.8 Å². The minimum atomic E-state index is -0.496. The highest BCUT2D eigenvalue weighted by atomic mass is 19.1. The molecule has 6 nitrogen and oxygen atoms in total. The molecular weight excluding hydrogens is 345 g/mol. The van der Waals surface area contributed by atoms with Gasteiger partial charge in [-0.25, -0.2) is 9.37 Å². The number of hydrogen-bond donors (Lipinski definition) is 2. The summed E-state index contributed by atoms with van der Waals surface area (Å²) in [6, 6.07) is 13.7. The second-order valence-electron chi connectivity index (χ2n) is 5.98. The number of benzene rings is 2. The van der Waals surface area contributed by atoms with Gasteiger partial charge in [0.25, 0.3) is 0 Å². The van der Waals surface area contributed by atoms with Gasteiger partial charge in [-0.1, -0.05) is 12.1 Å². The molecule has 2 aromatic carbocycles. The summed E-state index contributed by atoms with van der Waals surface area (Å²) in [7, 11) is 0. The second-order valence-corrected chi connectivity index (χ2v) is 5.98. The fourth-order valence-corrected chi connectivity index (χ4v) is 2.77. The van der Waals surface area contributed by atoms with E-state index in [1.807, 2.05) is 18.2 Å². The number of pyridine rings is 1. The average molecular weight is 361 g/mol. The highest BCUT2D eigenvalue weighted by Gasteiger charge is 2.09. The summed E-state index contributed by atoms with van der Waals surface area (Å²) >= 11 is 0. The van der Waals surface area contributed by atoms with E-state index in [1.54, 1.807) is 43.6 Å². The van der Waals surface area contributed by atoms with Gasteiger partial charge in [-0.05, 0) is 31.2 Å². The van der Waals surface area contributed by atoms with Crippen molar-refractivity contribution in [2.24, 2.45) is 0 Å². The fourth-order valence-electron chi connectivity index (χ4n) is 2.77. The summed E-state index contributed by atoms with van der Waals surface area (Å²) in [5.41, 5.74) is 6.88. The second kappa shape index (κ2) is 6.87. The van der Waals surface area contributed by atoms with E-state index in [2.05, 4.69) is 20.3 Å². The summed E-state index contributed by atoms with van der Waals surface area (Å²) in [6.45, 7) is 1.81. The molecule has 0 aliphatic rings. The van der Waals surface area contributed by atoms with Gasteiger partial charge in [0.2, 0.25) is 5.95 Å². The quantitative estimate of drug-likeness (QED) is 0.553. The largest absolute Gasteiger partial charge is 0.454 e. The number of rotatable bonds is 4. The third-order valence-electron chi connectivity index (χ3n) is 3.94. The number of nitrogen functional groups attached to an aromatic ring is 1. The number of nitrogens with zero attached hydrogens (tertiary/aromatic N) is 3. The Morgan fingerprint density at radius 3 is 2.74 bits per heavy atom. The van der Waals surface area contributed by atoms with Crippen LogP contribution in [-0.4, -0.2) is 15.0 Å². The van der Waals surface area contributed by atoms with Crippen molar-refractivity contribution in [2.45, 2.75) is 6.92 Å². The topological polar surface area (TPSA) is 86.0 Å². The van der Waals surface area contributed by atoms with Crippen LogP contribution in [0.3, 0.4) is 0 Å². The zero-order valence-corrected chi connectivity index (χ0v) is 14.5. The molecule has 0 unspecified atom stereocenters. The van der Waals surface area contributed by atoms with Crippen molar-refractivity contribution in [2.75, 3.05) is 11.1 Å². The van der Waals surface area contributed by atoms with Gasteiger partial charge in [-0.3, -0.25) is 4.98 Å². The summed E-state index contributed by atoms with van der Waals surface area (Å²) in [4.78, 5) is 12.2. The van der Waals surface area contributed by atoms with Gasteiger partial charge < -0.3 is 15.8 Å². The lowest BCUT2D eigenvalue weighted by Gasteiger charge is -2.11. The summed E-state index contributed by atoms with van der Waals surface area (Å²) in [5.74, 6) is 0.847. The lowest BCUT2D eigenvalue weighted by atomic mass is 10.1. The first-order valence-electron chi connectivity index (χ1n) is 8.27. The van der Waals surface area contributed by atoms with Crippen LogP contribution in [0.25, 0.3) is 10.8 Å². The smallest absolute Gasteiger partial charge is 0.222 e. The molecule has 0 radical (unpaired) electrons. The number of nitrogens with one attached hydrogen (secondary N) is 1. The van der Waals surface area contributed by atoms with E-state index >= 15 is 0 Å². The molecule has 134 valence electrons. The van der Waals surface area contributed by atoms with E-state index in [0.29, 0.717) is 17.3 Å². The minimum Gasteiger partial charge on any atom is -0.454 e. The fraction of sp³-hybridized carbons (Fsp3) is 0.0500. The molecule has 0 bridgehead atoms. The van der Waals surface area contributed by atoms with Crippen molar-refractivity contribution in [3.8, 4) is 11.5 Å². The predicted octanol–water partition coefficient (Wildman–Crippen LogP) is 4.59. The number of aromatic nitrogens is 3. The Morgan fingerprint density at radius 2 is 1.93 bits per heavy atom. The van der Waals surface area contributed by atoms with Crippen LogP contribution >= 0.6 is 0 Å². The van der Waals surface area contributed by atoms with E-state index in [0.717, 1.165) is 16.5 Å². The number of aryl methyl sites for hydroxylation is 1. The normalized spacial score (nSPS) is 10.7. The zero-order valence-electron chi connectivity index (χ0n) is 14.5. The van der Waals surface area contributed by atoms with Crippen LogP contribution in [0.5, 0.6) is 11.5 Å². The summed E-state index contributed by atoms with van der Waals surface area (Å²) < 4.78 is 20.4. The SMILES string of the molecule is Cc1cc(Nc2ccc(Oc3cccc4cnccc34)c(F)c2)nc(N)n1. The van der Waals surface area contributed by atoms with E-state index < -0.39 is 5.82 Å². The number of nitrogens with two attached hydrogens (primary N) is 1. The maximum atomic E-state index is 14.6. The third kappa shape index (κ3) is 3.62. The third-order valence-corrected chi connectivity index (χ3v) is 3.94. The molecule has 4 aromatic rings. The van der Waals surface area contributed by atoms with Gasteiger partial charge in [-0.15, -0.1) is 0 Å². The van der Waals surface area contributed by atoms with Gasteiger partial charge in [0.15, 0.2) is 11.6 Å². The highest BCUT2D eigenvalue weighted by Crippen LogP contribution is 2.32. The first kappa shape index (κ1) is 16.7. The molecule has 7 heteroatoms. The van der Waals surface area contributed by atoms with Crippen LogP contribution in [0.2, 0.25) is 0 Å². The van der Waals surface area contributed by atoms with Crippen molar-refractivity contribution in [1.29, 1.82) is 0 Å². The number of anilines is 3.